The number of aliphatic hydroxyl groups excluding tert-OH is 1. The lowest BCUT2D eigenvalue weighted by molar-refractivity contribution is 0.0672. The molecule has 1 fully saturated rings. The van der Waals surface area contributed by atoms with E-state index in [1.165, 1.54) is 31.7 Å². The third-order valence-electron chi connectivity index (χ3n) is 3.69. The van der Waals surface area contributed by atoms with E-state index in [2.05, 4.69) is 15.9 Å². The molecule has 4 nitrogen and oxygen atoms in total. The lowest BCUT2D eigenvalue weighted by atomic mass is 10.0. The molecule has 1 atom stereocenters. The molecule has 20 heavy (non-hydrogen) atoms. The van der Waals surface area contributed by atoms with Crippen molar-refractivity contribution in [3.63, 3.8) is 0 Å². The van der Waals surface area contributed by atoms with Gasteiger partial charge in [-0.25, -0.2) is 4.79 Å². The number of ether oxygens (including phenoxy) is 1. The number of benzene rings is 1. The Morgan fingerprint density at radius 3 is 2.75 bits per heavy atom. The smallest absolute Gasteiger partial charge is 0.339 e. The quantitative estimate of drug-likeness (QED) is 0.830. The molecule has 2 rings (SSSR count). The van der Waals surface area contributed by atoms with E-state index in [1.54, 1.807) is 12.1 Å². The molecule has 1 saturated carbocycles. The Morgan fingerprint density at radius 2 is 2.10 bits per heavy atom. The third kappa shape index (κ3) is 4.21. The molecule has 0 radical (unpaired) electrons. The van der Waals surface area contributed by atoms with Crippen LogP contribution in [-0.2, 0) is 0 Å². The largest absolute Gasteiger partial charge is 0.490 e. The minimum atomic E-state index is -1.03. The molecule has 2 N–H and O–H groups in total. The zero-order valence-corrected chi connectivity index (χ0v) is 12.8. The Labute approximate surface area is 126 Å². The van der Waals surface area contributed by atoms with Gasteiger partial charge in [0.15, 0.2) is 0 Å². The molecular weight excluding hydrogens is 324 g/mol. The highest BCUT2D eigenvalue weighted by Crippen LogP contribution is 2.29. The van der Waals surface area contributed by atoms with Crippen LogP contribution in [0.5, 0.6) is 5.75 Å². The van der Waals surface area contributed by atoms with Crippen molar-refractivity contribution < 1.29 is 19.7 Å². The zero-order valence-electron chi connectivity index (χ0n) is 11.2. The summed E-state index contributed by atoms with van der Waals surface area (Å²) in [7, 11) is 0. The van der Waals surface area contributed by atoms with Crippen LogP contribution in [0.3, 0.4) is 0 Å². The van der Waals surface area contributed by atoms with Gasteiger partial charge >= 0.3 is 5.97 Å². The number of carbonyl (C=O) groups is 1. The monoisotopic (exact) mass is 342 g/mol. The Morgan fingerprint density at radius 1 is 1.40 bits per heavy atom. The average molecular weight is 343 g/mol. The molecule has 0 heterocycles. The second-order valence-corrected chi connectivity index (χ2v) is 6.21. The molecule has 1 aliphatic carbocycles. The highest BCUT2D eigenvalue weighted by atomic mass is 79.9. The summed E-state index contributed by atoms with van der Waals surface area (Å²) in [4.78, 5) is 11.1. The van der Waals surface area contributed by atoms with Gasteiger partial charge < -0.3 is 14.9 Å². The van der Waals surface area contributed by atoms with Crippen molar-refractivity contribution in [2.75, 3.05) is 6.61 Å². The number of hydrogen-bond acceptors (Lipinski definition) is 3. The van der Waals surface area contributed by atoms with Crippen molar-refractivity contribution in [3.05, 3.63) is 28.2 Å². The SMILES string of the molecule is O=C(O)c1ccc(Br)cc1OCC(O)CC1CCCC1. The van der Waals surface area contributed by atoms with Crippen molar-refractivity contribution in [1.82, 2.24) is 0 Å². The highest BCUT2D eigenvalue weighted by Gasteiger charge is 2.20. The second kappa shape index (κ2) is 7.09. The second-order valence-electron chi connectivity index (χ2n) is 5.30. The minimum absolute atomic E-state index is 0.112. The van der Waals surface area contributed by atoms with Crippen molar-refractivity contribution in [2.45, 2.75) is 38.2 Å². The molecule has 0 saturated heterocycles. The maximum Gasteiger partial charge on any atom is 0.339 e. The van der Waals surface area contributed by atoms with Gasteiger partial charge in [0.1, 0.15) is 17.9 Å². The summed E-state index contributed by atoms with van der Waals surface area (Å²) in [5, 5.41) is 19.1. The molecule has 5 heteroatoms. The van der Waals surface area contributed by atoms with E-state index >= 15 is 0 Å². The van der Waals surface area contributed by atoms with Crippen LogP contribution in [0.1, 0.15) is 42.5 Å². The van der Waals surface area contributed by atoms with Gasteiger partial charge in [0.25, 0.3) is 0 Å². The summed E-state index contributed by atoms with van der Waals surface area (Å²) in [6, 6.07) is 4.77. The van der Waals surface area contributed by atoms with Crippen LogP contribution in [0.2, 0.25) is 0 Å². The van der Waals surface area contributed by atoms with Crippen LogP contribution < -0.4 is 4.74 Å². The number of aliphatic hydroxyl groups is 1. The molecule has 1 aromatic carbocycles. The molecule has 0 bridgehead atoms. The van der Waals surface area contributed by atoms with Crippen molar-refractivity contribution in [2.24, 2.45) is 5.92 Å². The molecule has 0 aliphatic heterocycles. The van der Waals surface area contributed by atoms with Crippen LogP contribution in [0, 0.1) is 5.92 Å². The number of aromatic carboxylic acids is 1. The fraction of sp³-hybridized carbons (Fsp3) is 0.533. The number of carboxylic acids is 1. The number of carboxylic acid groups (broad SMARTS) is 1. The van der Waals surface area contributed by atoms with Gasteiger partial charge in [-0.15, -0.1) is 0 Å². The fourth-order valence-electron chi connectivity index (χ4n) is 2.68. The van der Waals surface area contributed by atoms with Crippen molar-refractivity contribution in [1.29, 1.82) is 0 Å². The molecule has 0 spiro atoms. The van der Waals surface area contributed by atoms with Gasteiger partial charge in [0.05, 0.1) is 6.10 Å². The van der Waals surface area contributed by atoms with Crippen LogP contribution in [0.15, 0.2) is 22.7 Å². The maximum atomic E-state index is 11.1. The van der Waals surface area contributed by atoms with Crippen LogP contribution in [0.25, 0.3) is 0 Å². The zero-order chi connectivity index (χ0) is 14.5. The lowest BCUT2D eigenvalue weighted by Gasteiger charge is -2.17. The molecule has 110 valence electrons. The number of rotatable bonds is 6. The number of halogens is 1. The van der Waals surface area contributed by atoms with E-state index < -0.39 is 12.1 Å². The molecule has 0 amide bonds. The normalized spacial score (nSPS) is 17.1. The van der Waals surface area contributed by atoms with Gasteiger partial charge in [-0.3, -0.25) is 0 Å². The first-order valence-electron chi connectivity index (χ1n) is 6.90. The summed E-state index contributed by atoms with van der Waals surface area (Å²) in [6.45, 7) is 0.132. The van der Waals surface area contributed by atoms with Gasteiger partial charge in [0, 0.05) is 4.47 Å². The Bertz CT molecular complexity index is 469. The third-order valence-corrected chi connectivity index (χ3v) is 4.18. The Kier molecular flexibility index (Phi) is 5.43. The summed E-state index contributed by atoms with van der Waals surface area (Å²) < 4.78 is 6.24. The van der Waals surface area contributed by atoms with Crippen LogP contribution >= 0.6 is 15.9 Å². The summed E-state index contributed by atoms with van der Waals surface area (Å²) in [5.41, 5.74) is 0.112. The Balaban J connectivity index is 1.92. The van der Waals surface area contributed by atoms with Crippen LogP contribution in [0.4, 0.5) is 0 Å². The minimum Gasteiger partial charge on any atom is -0.490 e. The molecular formula is C15H19BrO4. The van der Waals surface area contributed by atoms with Gasteiger partial charge in [-0.05, 0) is 30.5 Å². The van der Waals surface area contributed by atoms with Gasteiger partial charge in [0.2, 0.25) is 0 Å². The summed E-state index contributed by atoms with van der Waals surface area (Å²) in [5.74, 6) is -0.162. The van der Waals surface area contributed by atoms with Crippen LogP contribution in [-0.4, -0.2) is 28.9 Å². The summed E-state index contributed by atoms with van der Waals surface area (Å²) >= 11 is 3.29. The standard InChI is InChI=1S/C15H19BrO4/c16-11-5-6-13(15(18)19)14(8-11)20-9-12(17)7-10-3-1-2-4-10/h5-6,8,10,12,17H,1-4,7,9H2,(H,18,19). The van der Waals surface area contributed by atoms with Gasteiger partial charge in [-0.1, -0.05) is 41.6 Å². The van der Waals surface area contributed by atoms with E-state index in [4.69, 9.17) is 9.84 Å². The van der Waals surface area contributed by atoms with Crippen molar-refractivity contribution in [3.8, 4) is 5.75 Å². The first kappa shape index (κ1) is 15.3. The maximum absolute atomic E-state index is 11.1. The summed E-state index contributed by atoms with van der Waals surface area (Å²) in [6.07, 6.45) is 5.03. The van der Waals surface area contributed by atoms with E-state index in [0.29, 0.717) is 5.92 Å². The molecule has 1 unspecified atom stereocenters. The predicted molar refractivity (Wildman–Crippen MR) is 79.2 cm³/mol. The predicted octanol–water partition coefficient (Wildman–Crippen LogP) is 3.47. The topological polar surface area (TPSA) is 66.8 Å². The fourth-order valence-corrected chi connectivity index (χ4v) is 3.02. The Hall–Kier alpha value is -1.07. The van der Waals surface area contributed by atoms with E-state index in [9.17, 15) is 9.90 Å². The van der Waals surface area contributed by atoms with Crippen molar-refractivity contribution >= 4 is 21.9 Å². The van der Waals surface area contributed by atoms with E-state index in [-0.39, 0.29) is 17.9 Å². The average Bonchev–Trinajstić information content (AvgIpc) is 2.89. The number of hydrogen-bond donors (Lipinski definition) is 2. The molecule has 1 aliphatic rings. The van der Waals surface area contributed by atoms with E-state index in [1.807, 2.05) is 0 Å². The van der Waals surface area contributed by atoms with Gasteiger partial charge in [-0.2, -0.15) is 0 Å². The molecule has 1 aromatic rings. The first-order chi connectivity index (χ1) is 9.56. The van der Waals surface area contributed by atoms with E-state index in [0.717, 1.165) is 10.9 Å². The lowest BCUT2D eigenvalue weighted by Crippen LogP contribution is -2.21. The highest BCUT2D eigenvalue weighted by molar-refractivity contribution is 9.10. The molecule has 0 aromatic heterocycles. The first-order valence-corrected chi connectivity index (χ1v) is 7.69.